The predicted octanol–water partition coefficient (Wildman–Crippen LogP) is 1.51. The lowest BCUT2D eigenvalue weighted by Crippen LogP contribution is -2.59. The third-order valence-corrected chi connectivity index (χ3v) is 3.77. The summed E-state index contributed by atoms with van der Waals surface area (Å²) in [5.74, 6) is -2.35. The molecule has 1 unspecified atom stereocenters. The van der Waals surface area contributed by atoms with Crippen molar-refractivity contribution in [1.29, 1.82) is 0 Å². The summed E-state index contributed by atoms with van der Waals surface area (Å²) >= 11 is 0. The summed E-state index contributed by atoms with van der Waals surface area (Å²) in [5, 5.41) is 2.61. The number of rotatable bonds is 2. The highest BCUT2D eigenvalue weighted by molar-refractivity contribution is 6.07. The maximum atomic E-state index is 14.1. The summed E-state index contributed by atoms with van der Waals surface area (Å²) in [6, 6.07) is 1.76. The molecule has 1 aliphatic carbocycles. The van der Waals surface area contributed by atoms with E-state index in [0.29, 0.717) is 0 Å². The summed E-state index contributed by atoms with van der Waals surface area (Å²) in [4.78, 5) is 25.0. The minimum absolute atomic E-state index is 0.0881. The van der Waals surface area contributed by atoms with Gasteiger partial charge in [0.05, 0.1) is 0 Å². The lowest BCUT2D eigenvalue weighted by Gasteiger charge is -2.33. The molecule has 1 atom stereocenters. The van der Waals surface area contributed by atoms with Crippen molar-refractivity contribution < 1.29 is 18.4 Å². The molecule has 1 aliphatic heterocycles. The summed E-state index contributed by atoms with van der Waals surface area (Å²) in [7, 11) is 0. The van der Waals surface area contributed by atoms with Crippen molar-refractivity contribution in [3.05, 3.63) is 29.3 Å². The van der Waals surface area contributed by atoms with E-state index in [1.54, 1.807) is 0 Å². The second-order valence-corrected chi connectivity index (χ2v) is 5.33. The minimum Gasteiger partial charge on any atom is -0.342 e. The Morgan fingerprint density at radius 2 is 1.95 bits per heavy atom. The Morgan fingerprint density at radius 1 is 1.25 bits per heavy atom. The monoisotopic (exact) mass is 280 g/mol. The number of hydrogen-bond acceptors (Lipinski definition) is 2. The molecule has 1 aromatic rings. The number of nitrogens with one attached hydrogen (secondary N) is 1. The average molecular weight is 280 g/mol. The molecule has 0 bridgehead atoms. The molecule has 4 nitrogen and oxygen atoms in total. The van der Waals surface area contributed by atoms with Gasteiger partial charge < -0.3 is 5.32 Å². The smallest absolute Gasteiger partial charge is 0.250 e. The molecule has 2 amide bonds. The Kier molecular flexibility index (Phi) is 2.96. The van der Waals surface area contributed by atoms with Crippen LogP contribution in [0, 0.1) is 24.5 Å². The van der Waals surface area contributed by atoms with Gasteiger partial charge in [-0.3, -0.25) is 14.5 Å². The summed E-state index contributed by atoms with van der Waals surface area (Å²) < 4.78 is 28.0. The number of carbonyl (C=O) groups is 2. The molecule has 1 aromatic carbocycles. The fourth-order valence-corrected chi connectivity index (χ4v) is 2.50. The van der Waals surface area contributed by atoms with Gasteiger partial charge in [-0.1, -0.05) is 6.07 Å². The van der Waals surface area contributed by atoms with Crippen molar-refractivity contribution in [1.82, 2.24) is 5.32 Å². The number of halogens is 2. The molecular weight excluding hydrogens is 266 g/mol. The van der Waals surface area contributed by atoms with Crippen molar-refractivity contribution >= 4 is 17.5 Å². The first-order valence-electron chi connectivity index (χ1n) is 6.54. The molecule has 2 aliphatic rings. The van der Waals surface area contributed by atoms with Crippen LogP contribution in [0.15, 0.2) is 12.1 Å². The van der Waals surface area contributed by atoms with Crippen LogP contribution in [-0.2, 0) is 9.59 Å². The number of amides is 2. The van der Waals surface area contributed by atoms with E-state index in [-0.39, 0.29) is 23.9 Å². The SMILES string of the molecule is Cc1ccc(F)c(N2CC(=O)NC(C3CC3)C2=O)c1F. The van der Waals surface area contributed by atoms with Crippen molar-refractivity contribution in [3.8, 4) is 0 Å². The Morgan fingerprint density at radius 3 is 2.60 bits per heavy atom. The van der Waals surface area contributed by atoms with Gasteiger partial charge in [0.1, 0.15) is 24.1 Å². The maximum Gasteiger partial charge on any atom is 0.250 e. The van der Waals surface area contributed by atoms with Crippen molar-refractivity contribution in [2.45, 2.75) is 25.8 Å². The molecule has 0 aromatic heterocycles. The second-order valence-electron chi connectivity index (χ2n) is 5.33. The van der Waals surface area contributed by atoms with E-state index in [2.05, 4.69) is 5.32 Å². The van der Waals surface area contributed by atoms with Crippen molar-refractivity contribution in [2.75, 3.05) is 11.4 Å². The highest BCUT2D eigenvalue weighted by Crippen LogP contribution is 2.36. The van der Waals surface area contributed by atoms with Crippen LogP contribution in [0.2, 0.25) is 0 Å². The third kappa shape index (κ3) is 2.05. The molecule has 1 heterocycles. The second kappa shape index (κ2) is 4.54. The Hall–Kier alpha value is -1.98. The minimum atomic E-state index is -0.828. The van der Waals surface area contributed by atoms with E-state index in [1.165, 1.54) is 13.0 Å². The van der Waals surface area contributed by atoms with Gasteiger partial charge in [-0.15, -0.1) is 0 Å². The van der Waals surface area contributed by atoms with E-state index in [9.17, 15) is 18.4 Å². The van der Waals surface area contributed by atoms with Gasteiger partial charge >= 0.3 is 0 Å². The highest BCUT2D eigenvalue weighted by Gasteiger charge is 2.44. The van der Waals surface area contributed by atoms with Gasteiger partial charge in [0.25, 0.3) is 0 Å². The largest absolute Gasteiger partial charge is 0.342 e. The van der Waals surface area contributed by atoms with Gasteiger partial charge in [0, 0.05) is 0 Å². The Bertz CT molecular complexity index is 599. The van der Waals surface area contributed by atoms with Gasteiger partial charge in [0.15, 0.2) is 5.82 Å². The molecule has 0 radical (unpaired) electrons. The molecule has 3 rings (SSSR count). The molecule has 6 heteroatoms. The zero-order valence-electron chi connectivity index (χ0n) is 11.0. The molecule has 1 N–H and O–H groups in total. The molecule has 2 fully saturated rings. The van der Waals surface area contributed by atoms with E-state index in [0.717, 1.165) is 23.8 Å². The number of nitrogens with zero attached hydrogens (tertiary/aromatic N) is 1. The van der Waals surface area contributed by atoms with Crippen LogP contribution in [-0.4, -0.2) is 24.4 Å². The van der Waals surface area contributed by atoms with Gasteiger partial charge in [-0.25, -0.2) is 8.78 Å². The van der Waals surface area contributed by atoms with Crippen LogP contribution >= 0.6 is 0 Å². The molecule has 106 valence electrons. The van der Waals surface area contributed by atoms with Crippen LogP contribution in [0.3, 0.4) is 0 Å². The van der Waals surface area contributed by atoms with Crippen molar-refractivity contribution in [3.63, 3.8) is 0 Å². The first kappa shape index (κ1) is 13.0. The van der Waals surface area contributed by atoms with E-state index in [4.69, 9.17) is 0 Å². The maximum absolute atomic E-state index is 14.1. The van der Waals surface area contributed by atoms with E-state index in [1.807, 2.05) is 0 Å². The summed E-state index contributed by atoms with van der Waals surface area (Å²) in [6.45, 7) is 1.14. The summed E-state index contributed by atoms with van der Waals surface area (Å²) in [6.07, 6.45) is 1.70. The first-order valence-corrected chi connectivity index (χ1v) is 6.54. The quantitative estimate of drug-likeness (QED) is 0.893. The predicted molar refractivity (Wildman–Crippen MR) is 68.1 cm³/mol. The Balaban J connectivity index is 2.02. The molecular formula is C14H14F2N2O2. The van der Waals surface area contributed by atoms with Crippen LogP contribution in [0.4, 0.5) is 14.5 Å². The topological polar surface area (TPSA) is 49.4 Å². The highest BCUT2D eigenvalue weighted by atomic mass is 19.1. The van der Waals surface area contributed by atoms with Crippen LogP contribution < -0.4 is 10.2 Å². The lowest BCUT2D eigenvalue weighted by molar-refractivity contribution is -0.131. The number of aryl methyl sites for hydroxylation is 1. The fourth-order valence-electron chi connectivity index (χ4n) is 2.50. The van der Waals surface area contributed by atoms with Gasteiger partial charge in [-0.2, -0.15) is 0 Å². The van der Waals surface area contributed by atoms with E-state index < -0.39 is 29.3 Å². The standard InChI is InChI=1S/C14H14F2N2O2/c1-7-2-5-9(15)13(11(7)16)18-6-10(19)17-12(14(18)20)8-3-4-8/h2,5,8,12H,3-4,6H2,1H3,(H,17,19). The van der Waals surface area contributed by atoms with Gasteiger partial charge in [0.2, 0.25) is 11.8 Å². The number of anilines is 1. The first-order chi connectivity index (χ1) is 9.49. The summed E-state index contributed by atoms with van der Waals surface area (Å²) in [5.41, 5.74) is -0.182. The average Bonchev–Trinajstić information content (AvgIpc) is 3.22. The normalized spacial score (nSPS) is 22.9. The van der Waals surface area contributed by atoms with E-state index >= 15 is 0 Å². The molecule has 1 saturated carbocycles. The van der Waals surface area contributed by atoms with Crippen LogP contribution in [0.25, 0.3) is 0 Å². The zero-order valence-corrected chi connectivity index (χ0v) is 11.0. The number of piperazine rings is 1. The fraction of sp³-hybridized carbons (Fsp3) is 0.429. The van der Waals surface area contributed by atoms with Crippen molar-refractivity contribution in [2.24, 2.45) is 5.92 Å². The molecule has 20 heavy (non-hydrogen) atoms. The molecule has 0 spiro atoms. The van der Waals surface area contributed by atoms with Crippen LogP contribution in [0.1, 0.15) is 18.4 Å². The number of hydrogen-bond donors (Lipinski definition) is 1. The Labute approximate surface area is 114 Å². The van der Waals surface area contributed by atoms with Crippen LogP contribution in [0.5, 0.6) is 0 Å². The third-order valence-electron chi connectivity index (χ3n) is 3.77. The number of carbonyl (C=O) groups excluding carboxylic acids is 2. The number of benzene rings is 1. The lowest BCUT2D eigenvalue weighted by atomic mass is 10.1. The van der Waals surface area contributed by atoms with Gasteiger partial charge in [-0.05, 0) is 37.3 Å². The zero-order chi connectivity index (χ0) is 14.4. The molecule has 1 saturated heterocycles.